The quantitative estimate of drug-likeness (QED) is 0.693. The molecule has 0 aliphatic carbocycles. The van der Waals surface area contributed by atoms with E-state index in [2.05, 4.69) is 11.1 Å². The third kappa shape index (κ3) is 1.97. The minimum Gasteiger partial charge on any atom is -0.375 e. The van der Waals surface area contributed by atoms with E-state index in [-0.39, 0.29) is 5.82 Å². The summed E-state index contributed by atoms with van der Waals surface area (Å²) in [5.41, 5.74) is 4.34. The molecule has 0 N–H and O–H groups in total. The van der Waals surface area contributed by atoms with Crippen LogP contribution in [0.4, 0.5) is 4.39 Å². The summed E-state index contributed by atoms with van der Waals surface area (Å²) in [5, 5.41) is 8.85. The summed E-state index contributed by atoms with van der Waals surface area (Å²) in [7, 11) is 0. The van der Waals surface area contributed by atoms with Crippen molar-refractivity contribution in [2.45, 2.75) is 13.0 Å². The predicted octanol–water partition coefficient (Wildman–Crippen LogP) is 3.08. The number of pyridine rings is 1. The number of halogens is 1. The van der Waals surface area contributed by atoms with Crippen molar-refractivity contribution in [3.63, 3.8) is 0 Å². The number of ether oxygens (including phenoxy) is 1. The molecule has 0 fully saturated rings. The number of hydrogen-bond donors (Lipinski definition) is 0. The lowest BCUT2D eigenvalue weighted by Crippen LogP contribution is -2.10. The fourth-order valence-corrected chi connectivity index (χ4v) is 2.79. The van der Waals surface area contributed by atoms with Crippen molar-refractivity contribution in [1.29, 1.82) is 5.26 Å². The topological polar surface area (TPSA) is 50.3 Å². The summed E-state index contributed by atoms with van der Waals surface area (Å²) in [5.74, 6) is -0.319. The maximum absolute atomic E-state index is 14.4. The largest absolute Gasteiger partial charge is 0.375 e. The summed E-state index contributed by atoms with van der Waals surface area (Å²) in [6.45, 7) is 1.15. The van der Waals surface area contributed by atoms with Crippen LogP contribution in [0.2, 0.25) is 0 Å². The Bertz CT molecular complexity index is 906. The van der Waals surface area contributed by atoms with Gasteiger partial charge in [-0.3, -0.25) is 0 Å². The Morgan fingerprint density at radius 2 is 2.09 bits per heavy atom. The Morgan fingerprint density at radius 3 is 2.86 bits per heavy atom. The molecule has 108 valence electrons. The van der Waals surface area contributed by atoms with Crippen LogP contribution >= 0.6 is 0 Å². The summed E-state index contributed by atoms with van der Waals surface area (Å²) in [6, 6.07) is 10.4. The summed E-state index contributed by atoms with van der Waals surface area (Å²) in [6.07, 6.45) is 2.51. The molecular weight excluding hydrogens is 281 g/mol. The molecule has 0 radical (unpaired) electrons. The molecule has 0 bridgehead atoms. The highest BCUT2D eigenvalue weighted by atomic mass is 19.1. The van der Waals surface area contributed by atoms with Gasteiger partial charge in [0.2, 0.25) is 0 Å². The van der Waals surface area contributed by atoms with Gasteiger partial charge >= 0.3 is 0 Å². The predicted molar refractivity (Wildman–Crippen MR) is 78.7 cm³/mol. The van der Waals surface area contributed by atoms with E-state index >= 15 is 0 Å². The number of rotatable bonds is 1. The highest BCUT2D eigenvalue weighted by molar-refractivity contribution is 5.66. The van der Waals surface area contributed by atoms with Crippen LogP contribution in [0.1, 0.15) is 17.0 Å². The van der Waals surface area contributed by atoms with Crippen LogP contribution < -0.4 is 0 Å². The van der Waals surface area contributed by atoms with E-state index in [0.29, 0.717) is 30.0 Å². The molecule has 4 rings (SSSR count). The van der Waals surface area contributed by atoms with Crippen molar-refractivity contribution in [1.82, 2.24) is 9.38 Å². The second kappa shape index (κ2) is 4.93. The van der Waals surface area contributed by atoms with Crippen LogP contribution in [0.5, 0.6) is 0 Å². The van der Waals surface area contributed by atoms with Gasteiger partial charge in [0, 0.05) is 24.2 Å². The Balaban J connectivity index is 1.90. The van der Waals surface area contributed by atoms with Crippen molar-refractivity contribution in [3.8, 4) is 17.2 Å². The van der Waals surface area contributed by atoms with Gasteiger partial charge in [-0.15, -0.1) is 0 Å². The van der Waals surface area contributed by atoms with Crippen molar-refractivity contribution in [2.75, 3.05) is 6.61 Å². The maximum atomic E-state index is 14.4. The third-order valence-electron chi connectivity index (χ3n) is 3.94. The summed E-state index contributed by atoms with van der Waals surface area (Å²) in [4.78, 5) is 4.48. The van der Waals surface area contributed by atoms with Crippen molar-refractivity contribution < 1.29 is 9.13 Å². The third-order valence-corrected chi connectivity index (χ3v) is 3.94. The van der Waals surface area contributed by atoms with E-state index in [9.17, 15) is 4.39 Å². The second-order valence-electron chi connectivity index (χ2n) is 5.26. The first kappa shape index (κ1) is 13.0. The fraction of sp³-hybridized carbons (Fsp3) is 0.176. The Hall–Kier alpha value is -2.71. The minimum atomic E-state index is -0.319. The van der Waals surface area contributed by atoms with Crippen LogP contribution in [-0.4, -0.2) is 16.0 Å². The van der Waals surface area contributed by atoms with Gasteiger partial charge in [0.05, 0.1) is 36.2 Å². The number of fused-ring (bicyclic) bond motifs is 3. The molecule has 0 saturated carbocycles. The van der Waals surface area contributed by atoms with E-state index in [1.165, 1.54) is 6.07 Å². The van der Waals surface area contributed by atoms with Gasteiger partial charge in [0.1, 0.15) is 11.5 Å². The van der Waals surface area contributed by atoms with Gasteiger partial charge in [-0.05, 0) is 17.7 Å². The van der Waals surface area contributed by atoms with Crippen LogP contribution in [0.25, 0.3) is 16.8 Å². The molecule has 0 unspecified atom stereocenters. The van der Waals surface area contributed by atoms with Crippen LogP contribution in [-0.2, 0) is 17.8 Å². The first-order valence-corrected chi connectivity index (χ1v) is 7.04. The monoisotopic (exact) mass is 293 g/mol. The Labute approximate surface area is 126 Å². The number of hydrogen-bond acceptors (Lipinski definition) is 3. The summed E-state index contributed by atoms with van der Waals surface area (Å²) < 4.78 is 21.8. The zero-order chi connectivity index (χ0) is 15.1. The molecule has 3 aromatic rings. The van der Waals surface area contributed by atoms with E-state index < -0.39 is 0 Å². The molecule has 0 atom stereocenters. The molecule has 0 saturated heterocycles. The van der Waals surface area contributed by atoms with E-state index in [4.69, 9.17) is 10.00 Å². The molecule has 1 aromatic carbocycles. The smallest absolute Gasteiger partial charge is 0.140 e. The SMILES string of the molecule is N#Cc1ccc(-c2cn3c4c(nc3cc2F)CCOC4)cc1. The number of imidazole rings is 1. The lowest BCUT2D eigenvalue weighted by Gasteiger charge is -2.12. The Morgan fingerprint density at radius 1 is 1.27 bits per heavy atom. The van der Waals surface area contributed by atoms with Crippen LogP contribution in [0.3, 0.4) is 0 Å². The molecule has 1 aliphatic rings. The molecule has 5 heteroatoms. The number of nitrogens with zero attached hydrogens (tertiary/aromatic N) is 3. The zero-order valence-electron chi connectivity index (χ0n) is 11.7. The van der Waals surface area contributed by atoms with Crippen LogP contribution in [0, 0.1) is 17.1 Å². The molecule has 0 amide bonds. The first-order chi connectivity index (χ1) is 10.8. The molecule has 0 spiro atoms. The average Bonchev–Trinajstić information content (AvgIpc) is 2.91. The first-order valence-electron chi connectivity index (χ1n) is 7.04. The minimum absolute atomic E-state index is 0.319. The maximum Gasteiger partial charge on any atom is 0.140 e. The van der Waals surface area contributed by atoms with Crippen molar-refractivity contribution >= 4 is 5.65 Å². The van der Waals surface area contributed by atoms with Gasteiger partial charge < -0.3 is 9.14 Å². The van der Waals surface area contributed by atoms with Crippen molar-refractivity contribution in [3.05, 3.63) is 59.3 Å². The molecule has 2 aromatic heterocycles. The average molecular weight is 293 g/mol. The molecule has 4 nitrogen and oxygen atoms in total. The second-order valence-corrected chi connectivity index (χ2v) is 5.26. The van der Waals surface area contributed by atoms with Crippen molar-refractivity contribution in [2.24, 2.45) is 0 Å². The summed E-state index contributed by atoms with van der Waals surface area (Å²) >= 11 is 0. The fourth-order valence-electron chi connectivity index (χ4n) is 2.79. The van der Waals surface area contributed by atoms with E-state index in [1.807, 2.05) is 4.40 Å². The van der Waals surface area contributed by atoms with E-state index in [0.717, 1.165) is 23.4 Å². The number of nitriles is 1. The molecule has 22 heavy (non-hydrogen) atoms. The number of benzene rings is 1. The zero-order valence-corrected chi connectivity index (χ0v) is 11.7. The highest BCUT2D eigenvalue weighted by Crippen LogP contribution is 2.27. The lowest BCUT2D eigenvalue weighted by molar-refractivity contribution is 0.106. The van der Waals surface area contributed by atoms with Crippen LogP contribution in [0.15, 0.2) is 36.5 Å². The van der Waals surface area contributed by atoms with Gasteiger partial charge in [-0.2, -0.15) is 5.26 Å². The van der Waals surface area contributed by atoms with Gasteiger partial charge in [-0.1, -0.05) is 12.1 Å². The molecule has 1 aliphatic heterocycles. The number of aromatic nitrogens is 2. The van der Waals surface area contributed by atoms with Gasteiger partial charge in [0.15, 0.2) is 0 Å². The molecule has 3 heterocycles. The standard InChI is InChI=1S/C17H12FN3O/c18-14-7-17-20-15-5-6-22-10-16(15)21(17)9-13(14)12-3-1-11(8-19)2-4-12/h1-4,7,9H,5-6,10H2. The highest BCUT2D eigenvalue weighted by Gasteiger charge is 2.18. The normalized spacial score (nSPS) is 13.8. The van der Waals surface area contributed by atoms with Gasteiger partial charge in [-0.25, -0.2) is 9.37 Å². The molecular formula is C17H12FN3O. The van der Waals surface area contributed by atoms with Gasteiger partial charge in [0.25, 0.3) is 0 Å². The Kier molecular flexibility index (Phi) is 2.91. The lowest BCUT2D eigenvalue weighted by atomic mass is 10.1. The van der Waals surface area contributed by atoms with E-state index in [1.54, 1.807) is 30.5 Å².